The van der Waals surface area contributed by atoms with Gasteiger partial charge >= 0.3 is 6.18 Å². The Kier molecular flexibility index (Phi) is 7.01. The summed E-state index contributed by atoms with van der Waals surface area (Å²) >= 11 is 6.75. The molecule has 0 saturated carbocycles. The van der Waals surface area contributed by atoms with E-state index in [2.05, 4.69) is 27.1 Å². The standard InChI is InChI=1S/C20H17ClF3N5OS/c1-3-10-29-17(13-6-8-25-9-7-13)27-28-19(29)31-12(2)18(30)26-14-4-5-16(21)15(11-14)20(22,23)24/h3-9,11-12H,1,10H2,2H3,(H,26,30). The number of aromatic nitrogens is 4. The van der Waals surface area contributed by atoms with Crippen LogP contribution in [-0.4, -0.2) is 30.9 Å². The molecule has 2 heterocycles. The number of hydrogen-bond donors (Lipinski definition) is 1. The van der Waals surface area contributed by atoms with Crippen LogP contribution in [0.5, 0.6) is 0 Å². The van der Waals surface area contributed by atoms with Gasteiger partial charge in [-0.25, -0.2) is 0 Å². The summed E-state index contributed by atoms with van der Waals surface area (Å²) in [6, 6.07) is 6.79. The van der Waals surface area contributed by atoms with Crippen molar-refractivity contribution in [1.29, 1.82) is 0 Å². The molecule has 1 amide bonds. The molecule has 2 aromatic heterocycles. The summed E-state index contributed by atoms with van der Waals surface area (Å²) in [6.45, 7) is 5.77. The van der Waals surface area contributed by atoms with E-state index in [-0.39, 0.29) is 5.69 Å². The van der Waals surface area contributed by atoms with Gasteiger partial charge in [-0.05, 0) is 37.3 Å². The minimum absolute atomic E-state index is 0.000733. The maximum absolute atomic E-state index is 13.0. The number of halogens is 4. The SMILES string of the molecule is C=CCn1c(SC(C)C(=O)Nc2ccc(Cl)c(C(F)(F)F)c2)nnc1-c1ccncc1. The number of allylic oxidation sites excluding steroid dienone is 1. The van der Waals surface area contributed by atoms with Crippen LogP contribution in [0, 0.1) is 0 Å². The van der Waals surface area contributed by atoms with Gasteiger partial charge in [0.15, 0.2) is 11.0 Å². The number of hydrogen-bond acceptors (Lipinski definition) is 5. The predicted molar refractivity (Wildman–Crippen MR) is 114 cm³/mol. The first kappa shape index (κ1) is 22.8. The third-order valence-corrected chi connectivity index (χ3v) is 5.57. The van der Waals surface area contributed by atoms with Crippen LogP contribution in [0.25, 0.3) is 11.4 Å². The molecule has 1 unspecified atom stereocenters. The molecular weight excluding hydrogens is 451 g/mol. The highest BCUT2D eigenvalue weighted by molar-refractivity contribution is 8.00. The fourth-order valence-corrected chi connectivity index (χ4v) is 3.74. The van der Waals surface area contributed by atoms with Gasteiger partial charge in [-0.3, -0.25) is 14.3 Å². The number of benzene rings is 1. The third kappa shape index (κ3) is 5.45. The topological polar surface area (TPSA) is 72.7 Å². The van der Waals surface area contributed by atoms with E-state index >= 15 is 0 Å². The molecule has 162 valence electrons. The van der Waals surface area contributed by atoms with E-state index in [0.717, 1.165) is 29.5 Å². The summed E-state index contributed by atoms with van der Waals surface area (Å²) in [7, 11) is 0. The van der Waals surface area contributed by atoms with Gasteiger partial charge < -0.3 is 5.32 Å². The lowest BCUT2D eigenvalue weighted by Gasteiger charge is -2.15. The highest BCUT2D eigenvalue weighted by atomic mass is 35.5. The number of nitrogens with one attached hydrogen (secondary N) is 1. The van der Waals surface area contributed by atoms with Crippen molar-refractivity contribution in [2.45, 2.75) is 30.1 Å². The van der Waals surface area contributed by atoms with Crippen LogP contribution < -0.4 is 5.32 Å². The molecule has 0 bridgehead atoms. The monoisotopic (exact) mass is 467 g/mol. The highest BCUT2D eigenvalue weighted by Gasteiger charge is 2.33. The number of carbonyl (C=O) groups is 1. The van der Waals surface area contributed by atoms with Crippen LogP contribution in [-0.2, 0) is 17.5 Å². The minimum Gasteiger partial charge on any atom is -0.325 e. The smallest absolute Gasteiger partial charge is 0.325 e. The van der Waals surface area contributed by atoms with Crippen molar-refractivity contribution < 1.29 is 18.0 Å². The number of rotatable bonds is 7. The van der Waals surface area contributed by atoms with Gasteiger partial charge in [-0.2, -0.15) is 13.2 Å². The Labute approximate surface area is 185 Å². The largest absolute Gasteiger partial charge is 0.417 e. The van der Waals surface area contributed by atoms with Crippen molar-refractivity contribution in [3.8, 4) is 11.4 Å². The zero-order chi connectivity index (χ0) is 22.6. The van der Waals surface area contributed by atoms with E-state index in [4.69, 9.17) is 11.6 Å². The molecule has 11 heteroatoms. The summed E-state index contributed by atoms with van der Waals surface area (Å²) in [5, 5.41) is 10.2. The van der Waals surface area contributed by atoms with Crippen LogP contribution >= 0.6 is 23.4 Å². The number of thioether (sulfide) groups is 1. The highest BCUT2D eigenvalue weighted by Crippen LogP contribution is 2.36. The van der Waals surface area contributed by atoms with E-state index < -0.39 is 27.9 Å². The average Bonchev–Trinajstić information content (AvgIpc) is 3.11. The van der Waals surface area contributed by atoms with Gasteiger partial charge in [0.05, 0.1) is 15.8 Å². The van der Waals surface area contributed by atoms with Crippen molar-refractivity contribution in [3.05, 3.63) is 66.0 Å². The van der Waals surface area contributed by atoms with E-state index in [1.165, 1.54) is 6.07 Å². The Hall–Kier alpha value is -2.85. The van der Waals surface area contributed by atoms with Crippen LogP contribution in [0.3, 0.4) is 0 Å². The zero-order valence-corrected chi connectivity index (χ0v) is 17.8. The number of nitrogens with zero attached hydrogens (tertiary/aromatic N) is 4. The fraction of sp³-hybridized carbons (Fsp3) is 0.200. The van der Waals surface area contributed by atoms with E-state index in [1.54, 1.807) is 42.1 Å². The predicted octanol–water partition coefficient (Wildman–Crippen LogP) is 5.32. The molecule has 0 saturated heterocycles. The van der Waals surface area contributed by atoms with Gasteiger partial charge in [0, 0.05) is 30.2 Å². The van der Waals surface area contributed by atoms with Gasteiger partial charge in [0.2, 0.25) is 5.91 Å². The third-order valence-electron chi connectivity index (χ3n) is 4.16. The maximum Gasteiger partial charge on any atom is 0.417 e. The first-order chi connectivity index (χ1) is 14.7. The maximum atomic E-state index is 13.0. The number of amides is 1. The molecule has 0 radical (unpaired) electrons. The second kappa shape index (κ2) is 9.52. The molecule has 6 nitrogen and oxygen atoms in total. The number of carbonyl (C=O) groups excluding carboxylic acids is 1. The lowest BCUT2D eigenvalue weighted by molar-refractivity contribution is -0.137. The number of alkyl halides is 3. The van der Waals surface area contributed by atoms with Crippen LogP contribution in [0.2, 0.25) is 5.02 Å². The normalized spacial score (nSPS) is 12.4. The zero-order valence-electron chi connectivity index (χ0n) is 16.2. The molecule has 3 rings (SSSR count). The number of anilines is 1. The van der Waals surface area contributed by atoms with Crippen molar-refractivity contribution in [2.24, 2.45) is 0 Å². The van der Waals surface area contributed by atoms with Gasteiger partial charge in [0.1, 0.15) is 0 Å². The summed E-state index contributed by atoms with van der Waals surface area (Å²) in [6.07, 6.45) is 0.316. The van der Waals surface area contributed by atoms with Gasteiger partial charge in [-0.15, -0.1) is 16.8 Å². The van der Waals surface area contributed by atoms with Crippen LogP contribution in [0.1, 0.15) is 12.5 Å². The van der Waals surface area contributed by atoms with Crippen molar-refractivity contribution in [1.82, 2.24) is 19.7 Å². The first-order valence-corrected chi connectivity index (χ1v) is 10.2. The lowest BCUT2D eigenvalue weighted by Crippen LogP contribution is -2.23. The first-order valence-electron chi connectivity index (χ1n) is 8.99. The Morgan fingerprint density at radius 2 is 2.00 bits per heavy atom. The summed E-state index contributed by atoms with van der Waals surface area (Å²) in [4.78, 5) is 16.6. The molecular formula is C20H17ClF3N5OS. The molecule has 0 spiro atoms. The molecule has 1 N–H and O–H groups in total. The second-order valence-corrected chi connectivity index (χ2v) is 8.10. The molecule has 0 aliphatic rings. The van der Waals surface area contributed by atoms with Crippen LogP contribution in [0.4, 0.5) is 18.9 Å². The Bertz CT molecular complexity index is 1090. The van der Waals surface area contributed by atoms with Gasteiger partial charge in [0.25, 0.3) is 0 Å². The van der Waals surface area contributed by atoms with Crippen molar-refractivity contribution >= 4 is 35.0 Å². The van der Waals surface area contributed by atoms with Crippen LogP contribution in [0.15, 0.2) is 60.5 Å². The van der Waals surface area contributed by atoms with E-state index in [1.807, 2.05) is 0 Å². The molecule has 31 heavy (non-hydrogen) atoms. The molecule has 0 aliphatic carbocycles. The Balaban J connectivity index is 1.77. The summed E-state index contributed by atoms with van der Waals surface area (Å²) in [5.41, 5.74) is -0.214. The van der Waals surface area contributed by atoms with Crippen molar-refractivity contribution in [2.75, 3.05) is 5.32 Å². The quantitative estimate of drug-likeness (QED) is 0.376. The molecule has 0 aliphatic heterocycles. The Morgan fingerprint density at radius 3 is 2.65 bits per heavy atom. The summed E-state index contributed by atoms with van der Waals surface area (Å²) < 4.78 is 40.9. The van der Waals surface area contributed by atoms with E-state index in [9.17, 15) is 18.0 Å². The summed E-state index contributed by atoms with van der Waals surface area (Å²) in [5.74, 6) is 0.101. The van der Waals surface area contributed by atoms with Gasteiger partial charge in [-0.1, -0.05) is 29.4 Å². The lowest BCUT2D eigenvalue weighted by atomic mass is 10.2. The molecule has 0 fully saturated rings. The molecule has 1 aromatic carbocycles. The van der Waals surface area contributed by atoms with E-state index in [0.29, 0.717) is 17.5 Å². The average molecular weight is 468 g/mol. The molecule has 3 aromatic rings. The fourth-order valence-electron chi connectivity index (χ4n) is 2.66. The van der Waals surface area contributed by atoms with Crippen molar-refractivity contribution in [3.63, 3.8) is 0 Å². The Morgan fingerprint density at radius 1 is 1.29 bits per heavy atom. The number of pyridine rings is 1. The molecule has 1 atom stereocenters. The minimum atomic E-state index is -4.62. The second-order valence-electron chi connectivity index (χ2n) is 6.38.